The van der Waals surface area contributed by atoms with Crippen molar-refractivity contribution in [1.82, 2.24) is 34.3 Å². The molecule has 10 heteroatoms. The molecule has 0 spiro atoms. The average molecular weight is 444 g/mol. The molecule has 1 saturated carbocycles. The van der Waals surface area contributed by atoms with Crippen molar-refractivity contribution < 1.29 is 9.53 Å². The number of hydrogen-bond donors (Lipinski definition) is 1. The van der Waals surface area contributed by atoms with Crippen molar-refractivity contribution in [2.45, 2.75) is 31.7 Å². The molecule has 0 radical (unpaired) electrons. The largest absolute Gasteiger partial charge is 0.383 e. The monoisotopic (exact) mass is 444 g/mol. The topological polar surface area (TPSA) is 113 Å². The fourth-order valence-electron chi connectivity index (χ4n) is 3.65. The van der Waals surface area contributed by atoms with Crippen LogP contribution in [0.25, 0.3) is 17.2 Å². The number of pyridine rings is 2. The van der Waals surface area contributed by atoms with Crippen LogP contribution in [0.1, 0.15) is 47.9 Å². The predicted octanol–water partition coefficient (Wildman–Crippen LogP) is 3.26. The second-order valence-electron chi connectivity index (χ2n) is 8.11. The van der Waals surface area contributed by atoms with Crippen LogP contribution >= 0.6 is 0 Å². The first-order valence-electron chi connectivity index (χ1n) is 10.8. The minimum Gasteiger partial charge on any atom is -0.383 e. The number of hydrogen-bond acceptors (Lipinski definition) is 7. The van der Waals surface area contributed by atoms with E-state index in [4.69, 9.17) is 4.74 Å². The Balaban J connectivity index is 1.34. The van der Waals surface area contributed by atoms with Gasteiger partial charge in [0.05, 0.1) is 30.4 Å². The lowest BCUT2D eigenvalue weighted by atomic mass is 10.2. The van der Waals surface area contributed by atoms with E-state index < -0.39 is 0 Å². The quantitative estimate of drug-likeness (QED) is 0.444. The number of imidazole rings is 1. The molecule has 1 aliphatic carbocycles. The van der Waals surface area contributed by atoms with Gasteiger partial charge in [0.15, 0.2) is 5.82 Å². The van der Waals surface area contributed by atoms with E-state index in [0.29, 0.717) is 29.9 Å². The van der Waals surface area contributed by atoms with Crippen LogP contribution in [0.2, 0.25) is 0 Å². The minimum absolute atomic E-state index is 0.0230. The number of amides is 1. The van der Waals surface area contributed by atoms with Crippen LogP contribution in [0.5, 0.6) is 0 Å². The highest BCUT2D eigenvalue weighted by molar-refractivity contribution is 6.02. The zero-order valence-corrected chi connectivity index (χ0v) is 18.4. The lowest BCUT2D eigenvalue weighted by Gasteiger charge is -2.14. The van der Waals surface area contributed by atoms with E-state index in [1.165, 1.54) is 12.8 Å². The highest BCUT2D eigenvalue weighted by Gasteiger charge is 2.25. The van der Waals surface area contributed by atoms with Gasteiger partial charge in [0.25, 0.3) is 5.91 Å². The number of nitrogens with one attached hydrogen (secondary N) is 1. The fraction of sp³-hybridized carbons (Fsp3) is 0.304. The maximum Gasteiger partial charge on any atom is 0.275 e. The maximum atomic E-state index is 12.9. The molecule has 168 valence electrons. The molecule has 0 unspecified atom stereocenters. The summed E-state index contributed by atoms with van der Waals surface area (Å²) in [4.78, 5) is 26.2. The van der Waals surface area contributed by atoms with Gasteiger partial charge in [0.1, 0.15) is 23.5 Å². The molecule has 1 N–H and O–H groups in total. The highest BCUT2D eigenvalue weighted by Crippen LogP contribution is 2.39. The first-order chi connectivity index (χ1) is 16.1. The average Bonchev–Trinajstić information content (AvgIpc) is 3.35. The van der Waals surface area contributed by atoms with Crippen LogP contribution in [0.4, 0.5) is 5.82 Å². The Morgan fingerprint density at radius 3 is 2.94 bits per heavy atom. The molecule has 0 bridgehead atoms. The van der Waals surface area contributed by atoms with Gasteiger partial charge in [-0.05, 0) is 38.0 Å². The van der Waals surface area contributed by atoms with Gasteiger partial charge in [-0.3, -0.25) is 4.79 Å². The van der Waals surface area contributed by atoms with Crippen LogP contribution in [0, 0.1) is 0 Å². The number of methoxy groups -OCH3 is 1. The molecule has 4 aromatic rings. The zero-order chi connectivity index (χ0) is 22.8. The first-order valence-corrected chi connectivity index (χ1v) is 10.8. The van der Waals surface area contributed by atoms with E-state index in [9.17, 15) is 4.79 Å². The summed E-state index contributed by atoms with van der Waals surface area (Å²) in [5, 5.41) is 11.0. The van der Waals surface area contributed by atoms with E-state index >= 15 is 0 Å². The lowest BCUT2D eigenvalue weighted by Crippen LogP contribution is -2.16. The summed E-state index contributed by atoms with van der Waals surface area (Å²) >= 11 is 0. The number of aromatic nitrogens is 7. The van der Waals surface area contributed by atoms with Gasteiger partial charge in [0.2, 0.25) is 0 Å². The summed E-state index contributed by atoms with van der Waals surface area (Å²) in [5.74, 6) is 1.22. The predicted molar refractivity (Wildman–Crippen MR) is 121 cm³/mol. The number of rotatable bonds is 8. The normalized spacial score (nSPS) is 14.2. The molecule has 0 saturated heterocycles. The molecule has 0 aliphatic heterocycles. The van der Waals surface area contributed by atoms with Crippen LogP contribution in [-0.4, -0.2) is 53.9 Å². The van der Waals surface area contributed by atoms with Crippen LogP contribution < -0.4 is 5.32 Å². The van der Waals surface area contributed by atoms with Crippen molar-refractivity contribution in [3.63, 3.8) is 0 Å². The summed E-state index contributed by atoms with van der Waals surface area (Å²) in [7, 11) is 1.64. The van der Waals surface area contributed by atoms with E-state index in [1.807, 2.05) is 34.4 Å². The van der Waals surface area contributed by atoms with Crippen LogP contribution in [0.3, 0.4) is 0 Å². The Hall–Kier alpha value is -3.92. The number of carbonyl (C=O) groups is 1. The van der Waals surface area contributed by atoms with E-state index in [1.54, 1.807) is 44.2 Å². The molecule has 1 aliphatic rings. The fourth-order valence-corrected chi connectivity index (χ4v) is 3.65. The Morgan fingerprint density at radius 2 is 2.12 bits per heavy atom. The van der Waals surface area contributed by atoms with Gasteiger partial charge in [-0.1, -0.05) is 6.07 Å². The molecule has 4 heterocycles. The number of ether oxygens (including phenoxy) is 1. The molecular formula is C23H24N8O2. The molecule has 1 atom stereocenters. The maximum absolute atomic E-state index is 12.9. The van der Waals surface area contributed by atoms with E-state index in [2.05, 4.69) is 30.5 Å². The van der Waals surface area contributed by atoms with Crippen LogP contribution in [-0.2, 0) is 4.74 Å². The third kappa shape index (κ3) is 4.51. The zero-order valence-electron chi connectivity index (χ0n) is 18.4. The van der Waals surface area contributed by atoms with Gasteiger partial charge >= 0.3 is 0 Å². The molecule has 1 amide bonds. The summed E-state index contributed by atoms with van der Waals surface area (Å²) < 4.78 is 9.05. The van der Waals surface area contributed by atoms with Crippen molar-refractivity contribution in [1.29, 1.82) is 0 Å². The van der Waals surface area contributed by atoms with Gasteiger partial charge < -0.3 is 19.2 Å². The summed E-state index contributed by atoms with van der Waals surface area (Å²) in [6.07, 6.45) is 9.51. The summed E-state index contributed by atoms with van der Waals surface area (Å²) in [6.45, 7) is 2.51. The van der Waals surface area contributed by atoms with Gasteiger partial charge in [-0.2, -0.15) is 0 Å². The molecule has 10 nitrogen and oxygen atoms in total. The second-order valence-corrected chi connectivity index (χ2v) is 8.11. The van der Waals surface area contributed by atoms with Crippen molar-refractivity contribution in [2.75, 3.05) is 19.0 Å². The molecule has 0 aromatic carbocycles. The van der Waals surface area contributed by atoms with Crippen molar-refractivity contribution in [3.05, 3.63) is 66.8 Å². The van der Waals surface area contributed by atoms with E-state index in [-0.39, 0.29) is 17.6 Å². The Labute approximate surface area is 190 Å². The molecule has 5 rings (SSSR count). The number of carbonyl (C=O) groups excluding carboxylic acids is 1. The Bertz CT molecular complexity index is 1280. The van der Waals surface area contributed by atoms with Crippen LogP contribution in [0.15, 0.2) is 55.4 Å². The summed E-state index contributed by atoms with van der Waals surface area (Å²) in [6, 6.07) is 8.93. The molecule has 33 heavy (non-hydrogen) atoms. The van der Waals surface area contributed by atoms with Gasteiger partial charge in [0, 0.05) is 31.5 Å². The standard InChI is InChI=1S/C23H24N8O2/c1-15(12-33-2)31-14-26-29-22(31)18-4-3-5-19(27-18)23(32)28-21-10-17(8-9-24-21)30-11-20(25-13-30)16-6-7-16/h3-5,8-11,13-16H,6-7,12H2,1-2H3,(H,24,28,32)/t15-/m1/s1. The third-order valence-electron chi connectivity index (χ3n) is 5.55. The highest BCUT2D eigenvalue weighted by atomic mass is 16.5. The summed E-state index contributed by atoms with van der Waals surface area (Å²) in [5.41, 5.74) is 2.79. The van der Waals surface area contributed by atoms with Crippen molar-refractivity contribution in [3.8, 4) is 17.2 Å². The SMILES string of the molecule is COC[C@@H](C)n1cnnc1-c1cccc(C(=O)Nc2cc(-n3cnc(C4CC4)c3)ccn2)n1. The molecular weight excluding hydrogens is 420 g/mol. The molecule has 1 fully saturated rings. The Morgan fingerprint density at radius 1 is 1.24 bits per heavy atom. The van der Waals surface area contributed by atoms with E-state index in [0.717, 1.165) is 11.4 Å². The minimum atomic E-state index is -0.359. The number of nitrogens with zero attached hydrogens (tertiary/aromatic N) is 7. The van der Waals surface area contributed by atoms with Crippen molar-refractivity contribution >= 4 is 11.7 Å². The van der Waals surface area contributed by atoms with Gasteiger partial charge in [-0.25, -0.2) is 15.0 Å². The lowest BCUT2D eigenvalue weighted by molar-refractivity contribution is 0.102. The van der Waals surface area contributed by atoms with Crippen molar-refractivity contribution in [2.24, 2.45) is 0 Å². The third-order valence-corrected chi connectivity index (χ3v) is 5.55. The molecule has 4 aromatic heterocycles. The second kappa shape index (κ2) is 8.91. The smallest absolute Gasteiger partial charge is 0.275 e. The number of anilines is 1. The van der Waals surface area contributed by atoms with Gasteiger partial charge in [-0.15, -0.1) is 10.2 Å². The Kier molecular flexibility index (Phi) is 5.66. The first kappa shape index (κ1) is 21.0.